The predicted octanol–water partition coefficient (Wildman–Crippen LogP) is 3.03. The van der Waals surface area contributed by atoms with Crippen LogP contribution < -0.4 is 5.73 Å². The summed E-state index contributed by atoms with van der Waals surface area (Å²) in [5.41, 5.74) is 7.28. The second-order valence-corrected chi connectivity index (χ2v) is 3.95. The average Bonchev–Trinajstić information content (AvgIpc) is 2.39. The van der Waals surface area contributed by atoms with Gasteiger partial charge in [-0.3, -0.25) is 0 Å². The lowest BCUT2D eigenvalue weighted by Crippen LogP contribution is -2.21. The zero-order valence-corrected chi connectivity index (χ0v) is 9.53. The summed E-state index contributed by atoms with van der Waals surface area (Å²) in [4.78, 5) is 0. The first kappa shape index (κ1) is 12.4. The fraction of sp³-hybridized carbons (Fsp3) is 0.0714. The van der Waals surface area contributed by atoms with Crippen LogP contribution in [0.5, 0.6) is 0 Å². The maximum Gasteiger partial charge on any atom is 0.123 e. The SMILES string of the molecule is N=C(c1ccc(F)cc1)C(N)c1ccc(F)cc1. The van der Waals surface area contributed by atoms with Crippen molar-refractivity contribution in [1.29, 1.82) is 5.41 Å². The molecule has 0 amide bonds. The first-order valence-corrected chi connectivity index (χ1v) is 5.43. The Morgan fingerprint density at radius 3 is 1.83 bits per heavy atom. The molecule has 0 spiro atoms. The molecule has 92 valence electrons. The Morgan fingerprint density at radius 2 is 1.33 bits per heavy atom. The van der Waals surface area contributed by atoms with E-state index in [-0.39, 0.29) is 17.3 Å². The molecule has 0 aromatic heterocycles. The van der Waals surface area contributed by atoms with Crippen molar-refractivity contribution >= 4 is 5.71 Å². The number of halogens is 2. The third kappa shape index (κ3) is 2.60. The van der Waals surface area contributed by atoms with Crippen molar-refractivity contribution in [3.8, 4) is 0 Å². The van der Waals surface area contributed by atoms with Crippen molar-refractivity contribution in [2.75, 3.05) is 0 Å². The average molecular weight is 246 g/mol. The van der Waals surface area contributed by atoms with Gasteiger partial charge in [0, 0.05) is 0 Å². The van der Waals surface area contributed by atoms with Crippen LogP contribution in [0, 0.1) is 17.0 Å². The Hall–Kier alpha value is -2.07. The van der Waals surface area contributed by atoms with Crippen molar-refractivity contribution in [2.45, 2.75) is 6.04 Å². The largest absolute Gasteiger partial charge is 0.319 e. The third-order valence-corrected chi connectivity index (χ3v) is 2.70. The van der Waals surface area contributed by atoms with Crippen LogP contribution in [-0.4, -0.2) is 5.71 Å². The molecule has 18 heavy (non-hydrogen) atoms. The molecule has 0 aliphatic rings. The number of rotatable bonds is 3. The van der Waals surface area contributed by atoms with E-state index in [1.807, 2.05) is 0 Å². The summed E-state index contributed by atoms with van der Waals surface area (Å²) in [6, 6.07) is 10.6. The van der Waals surface area contributed by atoms with Crippen LogP contribution in [-0.2, 0) is 0 Å². The van der Waals surface area contributed by atoms with E-state index in [0.29, 0.717) is 11.1 Å². The molecule has 0 aliphatic carbocycles. The van der Waals surface area contributed by atoms with Gasteiger partial charge >= 0.3 is 0 Å². The van der Waals surface area contributed by atoms with E-state index in [4.69, 9.17) is 11.1 Å². The summed E-state index contributed by atoms with van der Waals surface area (Å²) in [6.45, 7) is 0. The van der Waals surface area contributed by atoms with E-state index >= 15 is 0 Å². The fourth-order valence-corrected chi connectivity index (χ4v) is 1.65. The first-order valence-electron chi connectivity index (χ1n) is 5.43. The van der Waals surface area contributed by atoms with Crippen LogP contribution >= 0.6 is 0 Å². The molecule has 0 saturated carbocycles. The van der Waals surface area contributed by atoms with Gasteiger partial charge in [-0.05, 0) is 35.4 Å². The molecule has 2 nitrogen and oxygen atoms in total. The van der Waals surface area contributed by atoms with Gasteiger partial charge in [0.05, 0.1) is 11.8 Å². The van der Waals surface area contributed by atoms with Crippen molar-refractivity contribution < 1.29 is 8.78 Å². The highest BCUT2D eigenvalue weighted by Crippen LogP contribution is 2.17. The summed E-state index contributed by atoms with van der Waals surface area (Å²) in [7, 11) is 0. The second-order valence-electron chi connectivity index (χ2n) is 3.95. The number of nitrogens with one attached hydrogen (secondary N) is 1. The van der Waals surface area contributed by atoms with Gasteiger partial charge in [-0.25, -0.2) is 8.78 Å². The molecular formula is C14H12F2N2. The maximum atomic E-state index is 12.8. The Bertz CT molecular complexity index is 547. The van der Waals surface area contributed by atoms with Crippen LogP contribution in [0.2, 0.25) is 0 Å². The molecule has 0 saturated heterocycles. The highest BCUT2D eigenvalue weighted by atomic mass is 19.1. The summed E-state index contributed by atoms with van der Waals surface area (Å²) >= 11 is 0. The van der Waals surface area contributed by atoms with E-state index in [0.717, 1.165) is 0 Å². The fourth-order valence-electron chi connectivity index (χ4n) is 1.65. The molecule has 0 aliphatic heterocycles. The third-order valence-electron chi connectivity index (χ3n) is 2.70. The van der Waals surface area contributed by atoms with Crippen LogP contribution in [0.15, 0.2) is 48.5 Å². The Labute approximate surface area is 104 Å². The zero-order chi connectivity index (χ0) is 13.1. The van der Waals surface area contributed by atoms with E-state index < -0.39 is 6.04 Å². The molecule has 0 bridgehead atoms. The van der Waals surface area contributed by atoms with Gasteiger partial charge in [0.25, 0.3) is 0 Å². The van der Waals surface area contributed by atoms with E-state index in [1.165, 1.54) is 48.5 Å². The van der Waals surface area contributed by atoms with Crippen molar-refractivity contribution in [2.24, 2.45) is 5.73 Å². The zero-order valence-electron chi connectivity index (χ0n) is 9.53. The van der Waals surface area contributed by atoms with Gasteiger partial charge in [-0.15, -0.1) is 0 Å². The molecule has 3 N–H and O–H groups in total. The standard InChI is InChI=1S/C14H12F2N2/c15-11-5-1-9(2-6-11)13(17)14(18)10-3-7-12(16)8-4-10/h1-8,13,18H,17H2. The molecule has 1 unspecified atom stereocenters. The van der Waals surface area contributed by atoms with E-state index in [2.05, 4.69) is 0 Å². The molecule has 1 atom stereocenters. The van der Waals surface area contributed by atoms with Gasteiger partial charge in [0.1, 0.15) is 11.6 Å². The Morgan fingerprint density at radius 1 is 0.889 bits per heavy atom. The molecule has 2 rings (SSSR count). The van der Waals surface area contributed by atoms with Gasteiger partial charge in [0.15, 0.2) is 0 Å². The quantitative estimate of drug-likeness (QED) is 0.803. The number of hydrogen-bond donors (Lipinski definition) is 2. The van der Waals surface area contributed by atoms with E-state index in [1.54, 1.807) is 0 Å². The van der Waals surface area contributed by atoms with Crippen molar-refractivity contribution in [3.63, 3.8) is 0 Å². The normalized spacial score (nSPS) is 12.2. The smallest absolute Gasteiger partial charge is 0.123 e. The minimum absolute atomic E-state index is 0.168. The van der Waals surface area contributed by atoms with E-state index in [9.17, 15) is 8.78 Å². The molecule has 4 heteroatoms. The summed E-state index contributed by atoms with van der Waals surface area (Å²) < 4.78 is 25.6. The lowest BCUT2D eigenvalue weighted by atomic mass is 9.97. The summed E-state index contributed by atoms with van der Waals surface area (Å²) in [5.74, 6) is -0.707. The predicted molar refractivity (Wildman–Crippen MR) is 66.6 cm³/mol. The molecule has 0 heterocycles. The number of benzene rings is 2. The van der Waals surface area contributed by atoms with Crippen molar-refractivity contribution in [1.82, 2.24) is 0 Å². The molecule has 0 fully saturated rings. The second kappa shape index (κ2) is 5.06. The molecule has 2 aromatic rings. The molecule has 2 aromatic carbocycles. The topological polar surface area (TPSA) is 49.9 Å². The van der Waals surface area contributed by atoms with Crippen LogP contribution in [0.1, 0.15) is 17.2 Å². The summed E-state index contributed by atoms with van der Waals surface area (Å²) in [5, 5.41) is 7.96. The lowest BCUT2D eigenvalue weighted by Gasteiger charge is -2.13. The Balaban J connectivity index is 2.23. The van der Waals surface area contributed by atoms with Crippen LogP contribution in [0.3, 0.4) is 0 Å². The van der Waals surface area contributed by atoms with Crippen LogP contribution in [0.25, 0.3) is 0 Å². The monoisotopic (exact) mass is 246 g/mol. The lowest BCUT2D eigenvalue weighted by molar-refractivity contribution is 0.626. The van der Waals surface area contributed by atoms with Gasteiger partial charge < -0.3 is 11.1 Å². The minimum atomic E-state index is -0.656. The van der Waals surface area contributed by atoms with Gasteiger partial charge in [0.2, 0.25) is 0 Å². The first-order chi connectivity index (χ1) is 8.58. The summed E-state index contributed by atoms with van der Waals surface area (Å²) in [6.07, 6.45) is 0. The minimum Gasteiger partial charge on any atom is -0.319 e. The number of hydrogen-bond acceptors (Lipinski definition) is 2. The van der Waals surface area contributed by atoms with Gasteiger partial charge in [-0.1, -0.05) is 24.3 Å². The van der Waals surface area contributed by atoms with Crippen LogP contribution in [0.4, 0.5) is 8.78 Å². The van der Waals surface area contributed by atoms with Crippen molar-refractivity contribution in [3.05, 3.63) is 71.3 Å². The highest BCUT2D eigenvalue weighted by molar-refractivity contribution is 6.02. The molecular weight excluding hydrogens is 234 g/mol. The maximum absolute atomic E-state index is 12.8. The van der Waals surface area contributed by atoms with Gasteiger partial charge in [-0.2, -0.15) is 0 Å². The highest BCUT2D eigenvalue weighted by Gasteiger charge is 2.13. The Kier molecular flexibility index (Phi) is 3.48. The molecule has 0 radical (unpaired) electrons. The number of nitrogens with two attached hydrogens (primary N) is 1.